The number of azo groups is 1. The molecular formula is C19H13Br2N3O. The monoisotopic (exact) mass is 457 g/mol. The standard InChI is InChI=1S/C19H13Br2N3O/c20-14-10-13(19(25)18(21)11-14)12-22-15-6-8-17(9-7-15)24-23-16-4-2-1-3-5-16/h1-12,25H. The lowest BCUT2D eigenvalue weighted by Crippen LogP contribution is -1.84. The Morgan fingerprint density at radius 3 is 2.04 bits per heavy atom. The Kier molecular flexibility index (Phi) is 5.73. The van der Waals surface area contributed by atoms with Crippen molar-refractivity contribution in [3.63, 3.8) is 0 Å². The van der Waals surface area contributed by atoms with Gasteiger partial charge in [-0.1, -0.05) is 34.1 Å². The van der Waals surface area contributed by atoms with Crippen LogP contribution < -0.4 is 0 Å². The van der Waals surface area contributed by atoms with Crippen molar-refractivity contribution in [3.8, 4) is 5.75 Å². The Morgan fingerprint density at radius 2 is 1.36 bits per heavy atom. The second-order valence-corrected chi connectivity index (χ2v) is 6.91. The van der Waals surface area contributed by atoms with Crippen LogP contribution in [0.25, 0.3) is 0 Å². The highest BCUT2D eigenvalue weighted by atomic mass is 79.9. The lowest BCUT2D eigenvalue weighted by atomic mass is 10.2. The molecule has 0 aromatic heterocycles. The second kappa shape index (κ2) is 8.18. The average Bonchev–Trinajstić information content (AvgIpc) is 2.63. The van der Waals surface area contributed by atoms with Crippen LogP contribution in [-0.2, 0) is 0 Å². The number of nitrogens with zero attached hydrogens (tertiary/aromatic N) is 3. The summed E-state index contributed by atoms with van der Waals surface area (Å²) in [6, 6.07) is 20.5. The molecule has 0 saturated heterocycles. The normalized spacial score (nSPS) is 11.4. The van der Waals surface area contributed by atoms with Crippen LogP contribution in [0.2, 0.25) is 0 Å². The highest BCUT2D eigenvalue weighted by Crippen LogP contribution is 2.31. The molecule has 3 aromatic carbocycles. The van der Waals surface area contributed by atoms with Gasteiger partial charge in [-0.3, -0.25) is 4.99 Å². The molecule has 3 rings (SSSR count). The van der Waals surface area contributed by atoms with E-state index < -0.39 is 0 Å². The van der Waals surface area contributed by atoms with E-state index in [0.29, 0.717) is 10.0 Å². The quantitative estimate of drug-likeness (QED) is 0.329. The minimum Gasteiger partial charge on any atom is -0.506 e. The smallest absolute Gasteiger partial charge is 0.138 e. The molecule has 0 unspecified atom stereocenters. The van der Waals surface area contributed by atoms with E-state index in [2.05, 4.69) is 47.1 Å². The number of hydrogen-bond acceptors (Lipinski definition) is 4. The summed E-state index contributed by atoms with van der Waals surface area (Å²) in [5.74, 6) is 0.153. The molecule has 0 bridgehead atoms. The van der Waals surface area contributed by atoms with Crippen molar-refractivity contribution in [3.05, 3.63) is 81.2 Å². The van der Waals surface area contributed by atoms with Gasteiger partial charge in [0.25, 0.3) is 0 Å². The zero-order valence-corrected chi connectivity index (χ0v) is 16.1. The molecular weight excluding hydrogens is 446 g/mol. The molecule has 0 amide bonds. The highest BCUT2D eigenvalue weighted by molar-refractivity contribution is 9.11. The molecule has 0 spiro atoms. The molecule has 124 valence electrons. The second-order valence-electron chi connectivity index (χ2n) is 5.14. The summed E-state index contributed by atoms with van der Waals surface area (Å²) in [4.78, 5) is 4.38. The zero-order valence-electron chi connectivity index (χ0n) is 13.0. The maximum absolute atomic E-state index is 10.0. The molecule has 6 heteroatoms. The first kappa shape index (κ1) is 17.5. The first-order valence-corrected chi connectivity index (χ1v) is 8.99. The van der Waals surface area contributed by atoms with Gasteiger partial charge in [-0.2, -0.15) is 10.2 Å². The van der Waals surface area contributed by atoms with Gasteiger partial charge in [0, 0.05) is 16.3 Å². The van der Waals surface area contributed by atoms with Gasteiger partial charge in [-0.25, -0.2) is 0 Å². The third-order valence-electron chi connectivity index (χ3n) is 3.30. The Bertz CT molecular complexity index is 923. The zero-order chi connectivity index (χ0) is 17.6. The van der Waals surface area contributed by atoms with Crippen molar-refractivity contribution >= 4 is 55.1 Å². The van der Waals surface area contributed by atoms with Gasteiger partial charge in [-0.05, 0) is 64.5 Å². The predicted molar refractivity (Wildman–Crippen MR) is 108 cm³/mol. The minimum absolute atomic E-state index is 0.153. The van der Waals surface area contributed by atoms with E-state index in [1.165, 1.54) is 0 Å². The summed E-state index contributed by atoms with van der Waals surface area (Å²) in [6.07, 6.45) is 1.62. The van der Waals surface area contributed by atoms with E-state index in [4.69, 9.17) is 0 Å². The SMILES string of the molecule is Oc1c(Br)cc(Br)cc1C=Nc1ccc(N=Nc2ccccc2)cc1. The van der Waals surface area contributed by atoms with Crippen LogP contribution in [0.5, 0.6) is 5.75 Å². The Morgan fingerprint density at radius 1 is 0.760 bits per heavy atom. The summed E-state index contributed by atoms with van der Waals surface area (Å²) in [7, 11) is 0. The molecule has 0 heterocycles. The molecule has 0 fully saturated rings. The number of aromatic hydroxyl groups is 1. The van der Waals surface area contributed by atoms with E-state index in [1.54, 1.807) is 18.3 Å². The topological polar surface area (TPSA) is 57.3 Å². The van der Waals surface area contributed by atoms with Gasteiger partial charge in [0.2, 0.25) is 0 Å². The minimum atomic E-state index is 0.153. The highest BCUT2D eigenvalue weighted by Gasteiger charge is 2.05. The molecule has 1 N–H and O–H groups in total. The Balaban J connectivity index is 1.74. The fraction of sp³-hybridized carbons (Fsp3) is 0. The Hall–Kier alpha value is -2.31. The number of hydrogen-bond donors (Lipinski definition) is 1. The molecule has 25 heavy (non-hydrogen) atoms. The molecule has 0 saturated carbocycles. The number of phenolic OH excluding ortho intramolecular Hbond substituents is 1. The van der Waals surface area contributed by atoms with Crippen LogP contribution >= 0.6 is 31.9 Å². The summed E-state index contributed by atoms with van der Waals surface area (Å²) in [5, 5.41) is 18.4. The van der Waals surface area contributed by atoms with Crippen LogP contribution in [0.1, 0.15) is 5.56 Å². The molecule has 3 aromatic rings. The molecule has 0 radical (unpaired) electrons. The largest absolute Gasteiger partial charge is 0.506 e. The van der Waals surface area contributed by atoms with Gasteiger partial charge in [0.05, 0.1) is 21.5 Å². The molecule has 0 aliphatic heterocycles. The van der Waals surface area contributed by atoms with Crippen LogP contribution in [0.3, 0.4) is 0 Å². The van der Waals surface area contributed by atoms with Crippen molar-refractivity contribution in [1.29, 1.82) is 0 Å². The fourth-order valence-corrected chi connectivity index (χ4v) is 3.30. The van der Waals surface area contributed by atoms with Gasteiger partial charge in [0.1, 0.15) is 5.75 Å². The van der Waals surface area contributed by atoms with Crippen LogP contribution in [0.4, 0.5) is 17.1 Å². The maximum Gasteiger partial charge on any atom is 0.138 e. The average molecular weight is 459 g/mol. The van der Waals surface area contributed by atoms with Crippen LogP contribution in [-0.4, -0.2) is 11.3 Å². The first-order valence-electron chi connectivity index (χ1n) is 7.41. The van der Waals surface area contributed by atoms with E-state index >= 15 is 0 Å². The first-order chi connectivity index (χ1) is 12.1. The van der Waals surface area contributed by atoms with Gasteiger partial charge in [-0.15, -0.1) is 0 Å². The molecule has 0 aliphatic rings. The number of benzene rings is 3. The van der Waals surface area contributed by atoms with Crippen LogP contribution in [0.15, 0.2) is 90.9 Å². The summed E-state index contributed by atoms with van der Waals surface area (Å²) in [6.45, 7) is 0. The van der Waals surface area contributed by atoms with E-state index in [1.807, 2.05) is 54.6 Å². The summed E-state index contributed by atoms with van der Waals surface area (Å²) < 4.78 is 1.47. The van der Waals surface area contributed by atoms with Crippen molar-refractivity contribution in [2.45, 2.75) is 0 Å². The lowest BCUT2D eigenvalue weighted by Gasteiger charge is -2.02. The van der Waals surface area contributed by atoms with Crippen LogP contribution in [0, 0.1) is 0 Å². The predicted octanol–water partition coefficient (Wildman–Crippen LogP) is 7.08. The molecule has 0 atom stereocenters. The van der Waals surface area contributed by atoms with Crippen molar-refractivity contribution in [1.82, 2.24) is 0 Å². The van der Waals surface area contributed by atoms with Crippen molar-refractivity contribution in [2.75, 3.05) is 0 Å². The molecule has 0 aliphatic carbocycles. The van der Waals surface area contributed by atoms with Crippen molar-refractivity contribution < 1.29 is 5.11 Å². The number of rotatable bonds is 4. The third-order valence-corrected chi connectivity index (χ3v) is 4.36. The number of phenols is 1. The maximum atomic E-state index is 10.0. The van der Waals surface area contributed by atoms with Crippen molar-refractivity contribution in [2.24, 2.45) is 15.2 Å². The molecule has 4 nitrogen and oxygen atoms in total. The lowest BCUT2D eigenvalue weighted by molar-refractivity contribution is 0.471. The summed E-state index contributed by atoms with van der Waals surface area (Å²) >= 11 is 6.70. The van der Waals surface area contributed by atoms with E-state index in [0.717, 1.165) is 21.5 Å². The van der Waals surface area contributed by atoms with E-state index in [-0.39, 0.29) is 5.75 Å². The van der Waals surface area contributed by atoms with Gasteiger partial charge >= 0.3 is 0 Å². The summed E-state index contributed by atoms with van der Waals surface area (Å²) in [5.41, 5.74) is 2.93. The number of halogens is 2. The van der Waals surface area contributed by atoms with Gasteiger partial charge < -0.3 is 5.11 Å². The Labute approximate surface area is 162 Å². The fourth-order valence-electron chi connectivity index (χ4n) is 2.04. The third kappa shape index (κ3) is 4.84. The number of aliphatic imine (C=N–C) groups is 1. The van der Waals surface area contributed by atoms with E-state index in [9.17, 15) is 5.11 Å². The van der Waals surface area contributed by atoms with Gasteiger partial charge in [0.15, 0.2) is 0 Å².